The highest BCUT2D eigenvalue weighted by molar-refractivity contribution is 5.99. The Morgan fingerprint density at radius 1 is 1.41 bits per heavy atom. The van der Waals surface area contributed by atoms with Crippen LogP contribution in [0.5, 0.6) is 0 Å². The lowest BCUT2D eigenvalue weighted by atomic mass is 9.82. The van der Waals surface area contributed by atoms with E-state index in [0.717, 1.165) is 25.7 Å². The third-order valence-electron chi connectivity index (χ3n) is 3.50. The number of likely N-dealkylation sites (tertiary alicyclic amines) is 1. The third kappa shape index (κ3) is 3.42. The number of rotatable bonds is 6. The predicted octanol–water partition coefficient (Wildman–Crippen LogP) is 2.76. The highest BCUT2D eigenvalue weighted by atomic mass is 16.2. The molecule has 2 amide bonds. The molecule has 96 valence electrons. The summed E-state index contributed by atoms with van der Waals surface area (Å²) in [6, 6.07) is 0. The summed E-state index contributed by atoms with van der Waals surface area (Å²) in [6.07, 6.45) is 6.42. The Kier molecular flexibility index (Phi) is 5.39. The van der Waals surface area contributed by atoms with Gasteiger partial charge < -0.3 is 0 Å². The first-order chi connectivity index (χ1) is 8.11. The minimum atomic E-state index is -0.0471. The molecule has 0 N–H and O–H groups in total. The summed E-state index contributed by atoms with van der Waals surface area (Å²) >= 11 is 0. The van der Waals surface area contributed by atoms with Crippen LogP contribution >= 0.6 is 0 Å². The van der Waals surface area contributed by atoms with Crippen LogP contribution in [-0.2, 0) is 9.59 Å². The van der Waals surface area contributed by atoms with Crippen LogP contribution in [0.1, 0.15) is 46.0 Å². The van der Waals surface area contributed by atoms with Crippen molar-refractivity contribution in [3.63, 3.8) is 0 Å². The molecule has 0 unspecified atom stereocenters. The van der Waals surface area contributed by atoms with Crippen molar-refractivity contribution in [1.82, 2.24) is 4.90 Å². The first kappa shape index (κ1) is 13.9. The van der Waals surface area contributed by atoms with Crippen molar-refractivity contribution in [3.05, 3.63) is 12.7 Å². The minimum Gasteiger partial charge on any atom is -0.279 e. The van der Waals surface area contributed by atoms with Crippen molar-refractivity contribution >= 4 is 11.8 Å². The maximum Gasteiger partial charge on any atom is 0.232 e. The minimum absolute atomic E-state index is 0.00440. The quantitative estimate of drug-likeness (QED) is 0.404. The SMILES string of the molecule is C=CCN1C(=O)C[C@H](C)[C@@H](CCCCC)C1=O. The smallest absolute Gasteiger partial charge is 0.232 e. The molecule has 3 heteroatoms. The van der Waals surface area contributed by atoms with Crippen LogP contribution in [0.25, 0.3) is 0 Å². The van der Waals surface area contributed by atoms with Crippen LogP contribution in [0, 0.1) is 11.8 Å². The summed E-state index contributed by atoms with van der Waals surface area (Å²) in [5, 5.41) is 0. The van der Waals surface area contributed by atoms with E-state index in [-0.39, 0.29) is 23.7 Å². The molecule has 1 aliphatic rings. The van der Waals surface area contributed by atoms with Gasteiger partial charge in [-0.05, 0) is 12.3 Å². The van der Waals surface area contributed by atoms with Gasteiger partial charge in [-0.3, -0.25) is 14.5 Å². The van der Waals surface area contributed by atoms with Crippen molar-refractivity contribution < 1.29 is 9.59 Å². The lowest BCUT2D eigenvalue weighted by Crippen LogP contribution is -2.48. The molecule has 0 aromatic heterocycles. The zero-order chi connectivity index (χ0) is 12.8. The molecule has 1 fully saturated rings. The van der Waals surface area contributed by atoms with Crippen LogP contribution < -0.4 is 0 Å². The topological polar surface area (TPSA) is 37.4 Å². The van der Waals surface area contributed by atoms with Crippen LogP contribution in [-0.4, -0.2) is 23.3 Å². The van der Waals surface area contributed by atoms with Gasteiger partial charge in [-0.1, -0.05) is 39.2 Å². The van der Waals surface area contributed by atoms with Crippen LogP contribution in [0.3, 0.4) is 0 Å². The fraction of sp³-hybridized carbons (Fsp3) is 0.714. The Morgan fingerprint density at radius 3 is 2.71 bits per heavy atom. The largest absolute Gasteiger partial charge is 0.279 e. The molecule has 1 heterocycles. The molecule has 0 spiro atoms. The van der Waals surface area contributed by atoms with Crippen molar-refractivity contribution in [2.75, 3.05) is 6.54 Å². The maximum atomic E-state index is 12.2. The van der Waals surface area contributed by atoms with Crippen molar-refractivity contribution in [1.29, 1.82) is 0 Å². The van der Waals surface area contributed by atoms with E-state index in [9.17, 15) is 9.59 Å². The highest BCUT2D eigenvalue weighted by Crippen LogP contribution is 2.29. The molecule has 1 saturated heterocycles. The molecule has 1 aliphatic heterocycles. The van der Waals surface area contributed by atoms with Crippen molar-refractivity contribution in [3.8, 4) is 0 Å². The molecule has 2 atom stereocenters. The Hall–Kier alpha value is -1.12. The summed E-state index contributed by atoms with van der Waals surface area (Å²) < 4.78 is 0. The van der Waals surface area contributed by atoms with Gasteiger partial charge in [0.05, 0.1) is 0 Å². The van der Waals surface area contributed by atoms with Gasteiger partial charge in [-0.25, -0.2) is 0 Å². The second kappa shape index (κ2) is 6.58. The van der Waals surface area contributed by atoms with E-state index < -0.39 is 0 Å². The van der Waals surface area contributed by atoms with Gasteiger partial charge >= 0.3 is 0 Å². The zero-order valence-electron chi connectivity index (χ0n) is 10.9. The fourth-order valence-corrected chi connectivity index (χ4v) is 2.44. The zero-order valence-corrected chi connectivity index (χ0v) is 10.9. The van der Waals surface area contributed by atoms with Gasteiger partial charge in [0.15, 0.2) is 0 Å². The number of amides is 2. The number of hydrogen-bond acceptors (Lipinski definition) is 2. The van der Waals surface area contributed by atoms with Gasteiger partial charge in [-0.2, -0.15) is 0 Å². The molecule has 17 heavy (non-hydrogen) atoms. The molecule has 0 saturated carbocycles. The number of unbranched alkanes of at least 4 members (excludes halogenated alkanes) is 2. The van der Waals surface area contributed by atoms with Gasteiger partial charge in [0, 0.05) is 18.9 Å². The normalized spacial score (nSPS) is 25.2. The summed E-state index contributed by atoms with van der Waals surface area (Å²) in [4.78, 5) is 25.3. The fourth-order valence-electron chi connectivity index (χ4n) is 2.44. The van der Waals surface area contributed by atoms with Crippen molar-refractivity contribution in [2.24, 2.45) is 11.8 Å². The van der Waals surface area contributed by atoms with Gasteiger partial charge in [0.1, 0.15) is 0 Å². The summed E-state index contributed by atoms with van der Waals surface area (Å²) in [5.41, 5.74) is 0. The summed E-state index contributed by atoms with van der Waals surface area (Å²) in [6.45, 7) is 8.12. The summed E-state index contributed by atoms with van der Waals surface area (Å²) in [5.74, 6) is 0.172. The van der Waals surface area contributed by atoms with Crippen LogP contribution in [0.4, 0.5) is 0 Å². The molecule has 0 radical (unpaired) electrons. The van der Waals surface area contributed by atoms with Crippen LogP contribution in [0.15, 0.2) is 12.7 Å². The second-order valence-electron chi connectivity index (χ2n) is 4.91. The van der Waals surface area contributed by atoms with E-state index in [4.69, 9.17) is 0 Å². The van der Waals surface area contributed by atoms with Crippen molar-refractivity contribution in [2.45, 2.75) is 46.0 Å². The Bertz CT molecular complexity index is 299. The molecular formula is C14H23NO2. The van der Waals surface area contributed by atoms with Gasteiger partial charge in [0.25, 0.3) is 0 Å². The number of carbonyl (C=O) groups excluding carboxylic acids is 2. The molecule has 3 nitrogen and oxygen atoms in total. The maximum absolute atomic E-state index is 12.2. The Labute approximate surface area is 104 Å². The predicted molar refractivity (Wildman–Crippen MR) is 68.3 cm³/mol. The molecule has 1 rings (SSSR count). The van der Waals surface area contributed by atoms with Crippen LogP contribution in [0.2, 0.25) is 0 Å². The molecule has 0 aliphatic carbocycles. The van der Waals surface area contributed by atoms with E-state index >= 15 is 0 Å². The number of imide groups is 1. The van der Waals surface area contributed by atoms with E-state index in [1.54, 1.807) is 6.08 Å². The Morgan fingerprint density at radius 2 is 2.12 bits per heavy atom. The van der Waals surface area contributed by atoms with E-state index in [1.165, 1.54) is 4.90 Å². The molecule has 0 bridgehead atoms. The molecular weight excluding hydrogens is 214 g/mol. The second-order valence-corrected chi connectivity index (χ2v) is 4.91. The average Bonchev–Trinajstić information content (AvgIpc) is 2.29. The number of piperidine rings is 1. The van der Waals surface area contributed by atoms with E-state index in [0.29, 0.717) is 13.0 Å². The van der Waals surface area contributed by atoms with Gasteiger partial charge in [0.2, 0.25) is 11.8 Å². The Balaban J connectivity index is 2.65. The molecule has 0 aromatic rings. The van der Waals surface area contributed by atoms with Gasteiger partial charge in [-0.15, -0.1) is 6.58 Å². The summed E-state index contributed by atoms with van der Waals surface area (Å²) in [7, 11) is 0. The lowest BCUT2D eigenvalue weighted by molar-refractivity contribution is -0.153. The van der Waals surface area contributed by atoms with E-state index in [1.807, 2.05) is 6.92 Å². The average molecular weight is 237 g/mol. The number of hydrogen-bond donors (Lipinski definition) is 0. The third-order valence-corrected chi connectivity index (χ3v) is 3.50. The number of carbonyl (C=O) groups is 2. The molecule has 0 aromatic carbocycles. The lowest BCUT2D eigenvalue weighted by Gasteiger charge is -2.34. The highest BCUT2D eigenvalue weighted by Gasteiger charge is 2.37. The first-order valence-electron chi connectivity index (χ1n) is 6.56. The monoisotopic (exact) mass is 237 g/mol. The number of nitrogens with zero attached hydrogens (tertiary/aromatic N) is 1. The van der Waals surface area contributed by atoms with E-state index in [2.05, 4.69) is 13.5 Å². The first-order valence-corrected chi connectivity index (χ1v) is 6.56. The standard InChI is InChI=1S/C14H23NO2/c1-4-6-7-8-12-11(3)10-13(16)15(9-5-2)14(12)17/h5,11-12H,2,4,6-10H2,1,3H3/t11-,12+/m0/s1.